The lowest BCUT2D eigenvalue weighted by atomic mass is 9.82. The van der Waals surface area contributed by atoms with Crippen molar-refractivity contribution in [1.29, 1.82) is 0 Å². The van der Waals surface area contributed by atoms with Gasteiger partial charge >= 0.3 is 0 Å². The summed E-state index contributed by atoms with van der Waals surface area (Å²) in [6.45, 7) is 3.38. The normalized spacial score (nSPS) is 28.9. The van der Waals surface area contributed by atoms with Crippen LogP contribution in [0.3, 0.4) is 0 Å². The fourth-order valence-corrected chi connectivity index (χ4v) is 4.96. The van der Waals surface area contributed by atoms with Crippen molar-refractivity contribution in [1.82, 2.24) is 4.90 Å². The molecule has 0 bridgehead atoms. The Morgan fingerprint density at radius 1 is 1.07 bits per heavy atom. The number of likely N-dealkylation sites (tertiary alicyclic amines) is 1. The van der Waals surface area contributed by atoms with Gasteiger partial charge in [-0.15, -0.1) is 0 Å². The minimum Gasteiger partial charge on any atom is -0.378 e. The van der Waals surface area contributed by atoms with Gasteiger partial charge in [0.15, 0.2) is 0 Å². The maximum absolute atomic E-state index is 13.3. The van der Waals surface area contributed by atoms with Crippen molar-refractivity contribution in [3.8, 4) is 0 Å². The van der Waals surface area contributed by atoms with E-state index in [1.807, 2.05) is 18.2 Å². The number of ether oxygens (including phenoxy) is 2. The van der Waals surface area contributed by atoms with Gasteiger partial charge in [0.25, 0.3) is 0 Å². The third-order valence-electron chi connectivity index (χ3n) is 7.16. The molecule has 27 heavy (non-hydrogen) atoms. The van der Waals surface area contributed by atoms with Crippen LogP contribution in [0.1, 0.15) is 56.9 Å². The summed E-state index contributed by atoms with van der Waals surface area (Å²) in [6.07, 6.45) is 8.94. The highest BCUT2D eigenvalue weighted by Gasteiger charge is 2.54. The molecule has 4 heteroatoms. The topological polar surface area (TPSA) is 38.8 Å². The predicted molar refractivity (Wildman–Crippen MR) is 104 cm³/mol. The summed E-state index contributed by atoms with van der Waals surface area (Å²) in [7, 11) is 0. The van der Waals surface area contributed by atoms with Crippen LogP contribution in [-0.2, 0) is 19.7 Å². The number of hydrogen-bond donors (Lipinski definition) is 0. The van der Waals surface area contributed by atoms with Crippen molar-refractivity contribution < 1.29 is 14.3 Å². The largest absolute Gasteiger partial charge is 0.378 e. The molecule has 4 nitrogen and oxygen atoms in total. The molecule has 2 aliphatic heterocycles. The molecule has 2 saturated carbocycles. The number of amides is 1. The van der Waals surface area contributed by atoms with Crippen LogP contribution in [0.4, 0.5) is 0 Å². The summed E-state index contributed by atoms with van der Waals surface area (Å²) in [6, 6.07) is 10.3. The quantitative estimate of drug-likeness (QED) is 0.795. The van der Waals surface area contributed by atoms with Gasteiger partial charge in [-0.2, -0.15) is 0 Å². The third kappa shape index (κ3) is 3.54. The van der Waals surface area contributed by atoms with Gasteiger partial charge in [-0.05, 0) is 56.4 Å². The smallest absolute Gasteiger partial charge is 0.233 e. The molecule has 2 saturated heterocycles. The van der Waals surface area contributed by atoms with E-state index < -0.39 is 0 Å². The Labute approximate surface area is 162 Å². The lowest BCUT2D eigenvalue weighted by Crippen LogP contribution is -2.53. The van der Waals surface area contributed by atoms with Gasteiger partial charge in [-0.3, -0.25) is 4.79 Å². The van der Waals surface area contributed by atoms with Crippen LogP contribution in [-0.4, -0.2) is 48.8 Å². The molecule has 4 aliphatic rings. The summed E-state index contributed by atoms with van der Waals surface area (Å²) < 4.78 is 12.4. The number of hydrogen-bond acceptors (Lipinski definition) is 3. The molecular formula is C23H31NO3. The molecule has 1 aromatic rings. The zero-order chi connectivity index (χ0) is 18.3. The molecule has 1 atom stereocenters. The molecule has 5 rings (SSSR count). The van der Waals surface area contributed by atoms with Gasteiger partial charge in [-0.1, -0.05) is 30.3 Å². The Morgan fingerprint density at radius 2 is 1.81 bits per heavy atom. The van der Waals surface area contributed by atoms with Gasteiger partial charge in [0.2, 0.25) is 5.91 Å². The Hall–Kier alpha value is -1.39. The van der Waals surface area contributed by atoms with Gasteiger partial charge < -0.3 is 14.4 Å². The SMILES string of the molecule is O=C(N1CCC2(CC1)CC(OCC1CC1)CCO2)C1(c2ccccc2)CC1. The number of piperidine rings is 1. The maximum atomic E-state index is 13.3. The van der Waals surface area contributed by atoms with Crippen molar-refractivity contribution in [3.63, 3.8) is 0 Å². The molecule has 146 valence electrons. The molecule has 0 aromatic heterocycles. The first kappa shape index (κ1) is 17.7. The van der Waals surface area contributed by atoms with Gasteiger partial charge in [0, 0.05) is 32.7 Å². The molecule has 2 heterocycles. The molecule has 0 radical (unpaired) electrons. The van der Waals surface area contributed by atoms with Crippen molar-refractivity contribution in [2.75, 3.05) is 26.3 Å². The average molecular weight is 370 g/mol. The van der Waals surface area contributed by atoms with E-state index in [0.29, 0.717) is 12.0 Å². The Balaban J connectivity index is 1.19. The molecular weight excluding hydrogens is 338 g/mol. The van der Waals surface area contributed by atoms with E-state index >= 15 is 0 Å². The molecule has 1 spiro atoms. The number of carbonyl (C=O) groups is 1. The summed E-state index contributed by atoms with van der Waals surface area (Å²) in [4.78, 5) is 15.4. The molecule has 1 aromatic carbocycles. The first-order chi connectivity index (χ1) is 13.2. The van der Waals surface area contributed by atoms with Crippen LogP contribution >= 0.6 is 0 Å². The molecule has 1 amide bonds. The van der Waals surface area contributed by atoms with E-state index in [2.05, 4.69) is 17.0 Å². The minimum atomic E-state index is -0.241. The van der Waals surface area contributed by atoms with Crippen LogP contribution in [0.15, 0.2) is 30.3 Å². The fourth-order valence-electron chi connectivity index (χ4n) is 4.96. The summed E-state index contributed by atoms with van der Waals surface area (Å²) in [5, 5.41) is 0. The molecule has 4 fully saturated rings. The highest BCUT2D eigenvalue weighted by molar-refractivity contribution is 5.91. The van der Waals surface area contributed by atoms with Crippen molar-refractivity contribution >= 4 is 5.91 Å². The van der Waals surface area contributed by atoms with E-state index in [1.165, 1.54) is 18.4 Å². The van der Waals surface area contributed by atoms with E-state index in [1.54, 1.807) is 0 Å². The lowest BCUT2D eigenvalue weighted by molar-refractivity contribution is -0.163. The standard InChI is InChI=1S/C23H31NO3/c25-21(23(9-10-23)19-4-2-1-3-5-19)24-13-11-22(12-14-24)16-20(8-15-27-22)26-17-18-6-7-18/h1-5,18,20H,6-17H2. The second kappa shape index (κ2) is 6.89. The third-order valence-corrected chi connectivity index (χ3v) is 7.16. The van der Waals surface area contributed by atoms with Crippen molar-refractivity contribution in [2.24, 2.45) is 5.92 Å². The highest BCUT2D eigenvalue weighted by atomic mass is 16.5. The van der Waals surface area contributed by atoms with Gasteiger partial charge in [0.1, 0.15) is 0 Å². The van der Waals surface area contributed by atoms with Gasteiger partial charge in [0.05, 0.1) is 17.1 Å². The Kier molecular flexibility index (Phi) is 4.52. The zero-order valence-corrected chi connectivity index (χ0v) is 16.2. The van der Waals surface area contributed by atoms with Crippen LogP contribution in [0.5, 0.6) is 0 Å². The van der Waals surface area contributed by atoms with Crippen molar-refractivity contribution in [2.45, 2.75) is 68.5 Å². The summed E-state index contributed by atoms with van der Waals surface area (Å²) in [5.74, 6) is 1.15. The van der Waals surface area contributed by atoms with Gasteiger partial charge in [-0.25, -0.2) is 0 Å². The number of carbonyl (C=O) groups excluding carboxylic acids is 1. The number of benzene rings is 1. The summed E-state index contributed by atoms with van der Waals surface area (Å²) in [5.41, 5.74) is 0.889. The first-order valence-electron chi connectivity index (χ1n) is 10.8. The lowest BCUT2D eigenvalue weighted by Gasteiger charge is -2.46. The van der Waals surface area contributed by atoms with E-state index in [0.717, 1.165) is 70.7 Å². The Bertz CT molecular complexity index is 672. The van der Waals surface area contributed by atoms with Crippen LogP contribution in [0.2, 0.25) is 0 Å². The Morgan fingerprint density at radius 3 is 2.48 bits per heavy atom. The highest BCUT2D eigenvalue weighted by Crippen LogP contribution is 2.50. The molecule has 2 aliphatic carbocycles. The monoisotopic (exact) mass is 369 g/mol. The predicted octanol–water partition coefficient (Wildman–Crippen LogP) is 3.69. The maximum Gasteiger partial charge on any atom is 0.233 e. The second-order valence-electron chi connectivity index (χ2n) is 9.16. The first-order valence-corrected chi connectivity index (χ1v) is 10.8. The van der Waals surface area contributed by atoms with Crippen LogP contribution in [0, 0.1) is 5.92 Å². The average Bonchev–Trinajstić information content (AvgIpc) is 3.62. The van der Waals surface area contributed by atoms with E-state index in [9.17, 15) is 4.79 Å². The minimum absolute atomic E-state index is 0.0628. The second-order valence-corrected chi connectivity index (χ2v) is 9.16. The fraction of sp³-hybridized carbons (Fsp3) is 0.696. The number of nitrogens with zero attached hydrogens (tertiary/aromatic N) is 1. The molecule has 0 N–H and O–H groups in total. The molecule has 1 unspecified atom stereocenters. The zero-order valence-electron chi connectivity index (χ0n) is 16.2. The number of rotatable bonds is 5. The van der Waals surface area contributed by atoms with Crippen LogP contribution in [0.25, 0.3) is 0 Å². The summed E-state index contributed by atoms with van der Waals surface area (Å²) >= 11 is 0. The van der Waals surface area contributed by atoms with E-state index in [4.69, 9.17) is 9.47 Å². The van der Waals surface area contributed by atoms with E-state index in [-0.39, 0.29) is 11.0 Å². The van der Waals surface area contributed by atoms with Crippen LogP contribution < -0.4 is 0 Å². The van der Waals surface area contributed by atoms with Crippen molar-refractivity contribution in [3.05, 3.63) is 35.9 Å².